The smallest absolute Gasteiger partial charge is 0.0405 e. The number of hydrogen-bond donors (Lipinski definition) is 3. The third-order valence-electron chi connectivity index (χ3n) is 6.73. The Morgan fingerprint density at radius 1 is 0.455 bits per heavy atom. The van der Waals surface area contributed by atoms with E-state index >= 15 is 0 Å². The van der Waals surface area contributed by atoms with Crippen LogP contribution in [0.2, 0.25) is 0 Å². The van der Waals surface area contributed by atoms with Gasteiger partial charge in [0.1, 0.15) is 0 Å². The van der Waals surface area contributed by atoms with Crippen molar-refractivity contribution in [2.24, 2.45) is 0 Å². The standard InChI is InChI=1S/C30H49N3/c1-7-23-19-25(9-3)29(26(10-4)20-23)32-17-13-15-31-16-14-18-33-30-27(11-5)21-24(8-2)22-28(30)12-6/h19-22,31-33H,7-18H2,1-6H3. The number of benzene rings is 2. The molecule has 0 amide bonds. The first-order chi connectivity index (χ1) is 16.1. The summed E-state index contributed by atoms with van der Waals surface area (Å²) in [5.74, 6) is 0. The molecule has 0 radical (unpaired) electrons. The quantitative estimate of drug-likeness (QED) is 0.242. The topological polar surface area (TPSA) is 36.1 Å². The van der Waals surface area contributed by atoms with Crippen molar-refractivity contribution in [3.05, 3.63) is 57.6 Å². The highest BCUT2D eigenvalue weighted by Gasteiger charge is 2.09. The largest absolute Gasteiger partial charge is 0.385 e. The summed E-state index contributed by atoms with van der Waals surface area (Å²) in [6.45, 7) is 17.7. The maximum atomic E-state index is 3.74. The van der Waals surface area contributed by atoms with Gasteiger partial charge in [-0.3, -0.25) is 0 Å². The molecule has 33 heavy (non-hydrogen) atoms. The van der Waals surface area contributed by atoms with Crippen LogP contribution in [0.1, 0.15) is 87.8 Å². The zero-order chi connectivity index (χ0) is 24.1. The summed E-state index contributed by atoms with van der Waals surface area (Å²) in [5.41, 5.74) is 11.6. The van der Waals surface area contributed by atoms with Crippen LogP contribution in [0.15, 0.2) is 24.3 Å². The van der Waals surface area contributed by atoms with Gasteiger partial charge in [-0.15, -0.1) is 0 Å². The van der Waals surface area contributed by atoms with Crippen LogP contribution in [0.5, 0.6) is 0 Å². The average Bonchev–Trinajstić information content (AvgIpc) is 2.86. The van der Waals surface area contributed by atoms with Crippen LogP contribution in [-0.4, -0.2) is 26.2 Å². The molecule has 0 aliphatic heterocycles. The summed E-state index contributed by atoms with van der Waals surface area (Å²) in [7, 11) is 0. The zero-order valence-corrected chi connectivity index (χ0v) is 22.3. The van der Waals surface area contributed by atoms with E-state index in [1.54, 1.807) is 0 Å². The summed E-state index contributed by atoms with van der Waals surface area (Å²) >= 11 is 0. The van der Waals surface area contributed by atoms with Crippen molar-refractivity contribution in [3.8, 4) is 0 Å². The summed E-state index contributed by atoms with van der Waals surface area (Å²) in [6, 6.07) is 9.54. The van der Waals surface area contributed by atoms with E-state index in [1.807, 2.05) is 0 Å². The first-order valence-electron chi connectivity index (χ1n) is 13.6. The van der Waals surface area contributed by atoms with E-state index in [0.29, 0.717) is 0 Å². The molecule has 0 saturated carbocycles. The minimum absolute atomic E-state index is 1.03. The van der Waals surface area contributed by atoms with Crippen molar-refractivity contribution in [2.45, 2.75) is 92.9 Å². The van der Waals surface area contributed by atoms with Gasteiger partial charge in [0, 0.05) is 24.5 Å². The Kier molecular flexibility index (Phi) is 12.4. The fourth-order valence-corrected chi connectivity index (χ4v) is 4.64. The Morgan fingerprint density at radius 3 is 1.06 bits per heavy atom. The minimum atomic E-state index is 1.03. The molecule has 2 aromatic carbocycles. The maximum absolute atomic E-state index is 3.74. The second-order valence-electron chi connectivity index (χ2n) is 9.01. The fourth-order valence-electron chi connectivity index (χ4n) is 4.64. The van der Waals surface area contributed by atoms with Gasteiger partial charge in [0.25, 0.3) is 0 Å². The molecule has 0 fully saturated rings. The van der Waals surface area contributed by atoms with Crippen molar-refractivity contribution in [1.82, 2.24) is 5.32 Å². The van der Waals surface area contributed by atoms with Gasteiger partial charge in [0.05, 0.1) is 0 Å². The Morgan fingerprint density at radius 2 is 0.788 bits per heavy atom. The molecule has 0 atom stereocenters. The van der Waals surface area contributed by atoms with Crippen molar-refractivity contribution in [1.29, 1.82) is 0 Å². The third-order valence-corrected chi connectivity index (χ3v) is 6.73. The second-order valence-corrected chi connectivity index (χ2v) is 9.01. The SMILES string of the molecule is CCc1cc(CC)c(NCCCNCCCNc2c(CC)cc(CC)cc2CC)c(CC)c1. The van der Waals surface area contributed by atoms with E-state index in [-0.39, 0.29) is 0 Å². The van der Waals surface area contributed by atoms with Gasteiger partial charge >= 0.3 is 0 Å². The first kappa shape index (κ1) is 27.2. The van der Waals surface area contributed by atoms with E-state index in [2.05, 4.69) is 81.8 Å². The molecule has 0 aliphatic carbocycles. The Hall–Kier alpha value is -2.00. The number of anilines is 2. The Balaban J connectivity index is 1.72. The van der Waals surface area contributed by atoms with Crippen LogP contribution in [0.3, 0.4) is 0 Å². The molecular weight excluding hydrogens is 402 g/mol. The lowest BCUT2D eigenvalue weighted by Gasteiger charge is -2.18. The van der Waals surface area contributed by atoms with Crippen LogP contribution in [0.4, 0.5) is 11.4 Å². The summed E-state index contributed by atoms with van der Waals surface area (Å²) in [6.07, 6.45) is 8.89. The predicted molar refractivity (Wildman–Crippen MR) is 148 cm³/mol. The second kappa shape index (κ2) is 15.0. The molecule has 0 bridgehead atoms. The van der Waals surface area contributed by atoms with E-state index in [4.69, 9.17) is 0 Å². The minimum Gasteiger partial charge on any atom is -0.385 e. The van der Waals surface area contributed by atoms with Crippen molar-refractivity contribution < 1.29 is 0 Å². The first-order valence-corrected chi connectivity index (χ1v) is 13.6. The van der Waals surface area contributed by atoms with E-state index in [9.17, 15) is 0 Å². The van der Waals surface area contributed by atoms with E-state index in [1.165, 1.54) is 44.8 Å². The summed E-state index contributed by atoms with van der Waals surface area (Å²) in [4.78, 5) is 0. The molecule has 3 nitrogen and oxygen atoms in total. The molecule has 0 spiro atoms. The van der Waals surface area contributed by atoms with Crippen molar-refractivity contribution in [2.75, 3.05) is 36.8 Å². The van der Waals surface area contributed by atoms with Gasteiger partial charge in [0.15, 0.2) is 0 Å². The number of nitrogens with one attached hydrogen (secondary N) is 3. The molecule has 3 N–H and O–H groups in total. The number of hydrogen-bond acceptors (Lipinski definition) is 3. The molecule has 0 unspecified atom stereocenters. The number of aryl methyl sites for hydroxylation is 6. The average molecular weight is 452 g/mol. The lowest BCUT2D eigenvalue weighted by Crippen LogP contribution is -2.22. The van der Waals surface area contributed by atoms with Crippen molar-refractivity contribution >= 4 is 11.4 Å². The highest BCUT2D eigenvalue weighted by Crippen LogP contribution is 2.26. The van der Waals surface area contributed by atoms with E-state index < -0.39 is 0 Å². The molecule has 0 aromatic heterocycles. The van der Waals surface area contributed by atoms with Gasteiger partial charge < -0.3 is 16.0 Å². The molecule has 2 rings (SSSR count). The lowest BCUT2D eigenvalue weighted by atomic mass is 9.98. The van der Waals surface area contributed by atoms with Crippen LogP contribution in [0, 0.1) is 0 Å². The number of rotatable bonds is 16. The predicted octanol–water partition coefficient (Wildman–Crippen LogP) is 6.95. The summed E-state index contributed by atoms with van der Waals surface area (Å²) in [5, 5.41) is 11.1. The molecule has 3 heteroatoms. The monoisotopic (exact) mass is 451 g/mol. The van der Waals surface area contributed by atoms with Gasteiger partial charge in [0.2, 0.25) is 0 Å². The van der Waals surface area contributed by atoms with Gasteiger partial charge in [-0.25, -0.2) is 0 Å². The fraction of sp³-hybridized carbons (Fsp3) is 0.600. The summed E-state index contributed by atoms with van der Waals surface area (Å²) < 4.78 is 0. The molecule has 0 aliphatic rings. The Labute approximate surface area is 204 Å². The maximum Gasteiger partial charge on any atom is 0.0405 e. The molecular formula is C30H49N3. The molecule has 184 valence electrons. The van der Waals surface area contributed by atoms with Gasteiger partial charge in [-0.05, 0) is 97.8 Å². The van der Waals surface area contributed by atoms with Crippen molar-refractivity contribution in [3.63, 3.8) is 0 Å². The van der Waals surface area contributed by atoms with Crippen LogP contribution >= 0.6 is 0 Å². The molecule has 0 saturated heterocycles. The lowest BCUT2D eigenvalue weighted by molar-refractivity contribution is 0.642. The Bertz CT molecular complexity index is 721. The highest BCUT2D eigenvalue weighted by atomic mass is 14.9. The van der Waals surface area contributed by atoms with Crippen LogP contribution in [-0.2, 0) is 38.5 Å². The normalized spacial score (nSPS) is 11.1. The van der Waals surface area contributed by atoms with Crippen LogP contribution in [0.25, 0.3) is 0 Å². The van der Waals surface area contributed by atoms with Gasteiger partial charge in [-0.2, -0.15) is 0 Å². The van der Waals surface area contributed by atoms with Crippen LogP contribution < -0.4 is 16.0 Å². The third kappa shape index (κ3) is 8.07. The molecule has 2 aromatic rings. The zero-order valence-electron chi connectivity index (χ0n) is 22.3. The highest BCUT2D eigenvalue weighted by molar-refractivity contribution is 5.60. The molecule has 0 heterocycles. The van der Waals surface area contributed by atoms with Gasteiger partial charge in [-0.1, -0.05) is 65.8 Å². The van der Waals surface area contributed by atoms with E-state index in [0.717, 1.165) is 77.5 Å².